The normalized spacial score (nSPS) is 9.57. The molecule has 0 saturated heterocycles. The zero-order valence-electron chi connectivity index (χ0n) is 8.32. The Bertz CT molecular complexity index is 288. The minimum absolute atomic E-state index is 0.434. The molecule has 1 rings (SSSR count). The number of methoxy groups -OCH3 is 1. The molecule has 1 aromatic carbocycles. The molecule has 1 aromatic rings. The lowest BCUT2D eigenvalue weighted by Gasteiger charge is -2.12. The smallest absolute Gasteiger partial charge is 0.166 e. The van der Waals surface area contributed by atoms with Gasteiger partial charge in [-0.1, -0.05) is 24.8 Å². The number of benzene rings is 1. The van der Waals surface area contributed by atoms with Crippen molar-refractivity contribution >= 4 is 0 Å². The maximum Gasteiger partial charge on any atom is 0.166 e. The van der Waals surface area contributed by atoms with Crippen LogP contribution in [0.5, 0.6) is 11.5 Å². The highest BCUT2D eigenvalue weighted by molar-refractivity contribution is 5.46. The summed E-state index contributed by atoms with van der Waals surface area (Å²) in [6.07, 6.45) is 1.69. The highest BCUT2D eigenvalue weighted by Crippen LogP contribution is 2.30. The van der Waals surface area contributed by atoms with Crippen LogP contribution in [0.3, 0.4) is 0 Å². The average Bonchev–Trinajstić information content (AvgIpc) is 2.25. The second-order valence-electron chi connectivity index (χ2n) is 2.75. The summed E-state index contributed by atoms with van der Waals surface area (Å²) in [5, 5.41) is 0. The molecule has 0 aliphatic carbocycles. The van der Waals surface area contributed by atoms with Gasteiger partial charge in [-0.3, -0.25) is 0 Å². The SMILES string of the molecule is C=CCOc1c(CN)cccc1OC. The van der Waals surface area contributed by atoms with E-state index in [-0.39, 0.29) is 0 Å². The van der Waals surface area contributed by atoms with Crippen molar-refractivity contribution in [2.75, 3.05) is 13.7 Å². The van der Waals surface area contributed by atoms with Gasteiger partial charge in [0.2, 0.25) is 0 Å². The van der Waals surface area contributed by atoms with Crippen LogP contribution < -0.4 is 15.2 Å². The van der Waals surface area contributed by atoms with Gasteiger partial charge in [0.15, 0.2) is 11.5 Å². The van der Waals surface area contributed by atoms with Crippen molar-refractivity contribution in [1.82, 2.24) is 0 Å². The Morgan fingerprint density at radius 2 is 2.29 bits per heavy atom. The van der Waals surface area contributed by atoms with E-state index < -0.39 is 0 Å². The Kier molecular flexibility index (Phi) is 4.01. The second kappa shape index (κ2) is 5.29. The highest BCUT2D eigenvalue weighted by Gasteiger charge is 2.07. The van der Waals surface area contributed by atoms with Gasteiger partial charge >= 0.3 is 0 Å². The van der Waals surface area contributed by atoms with Gasteiger partial charge in [-0.2, -0.15) is 0 Å². The van der Waals surface area contributed by atoms with Crippen LogP contribution in [-0.2, 0) is 6.54 Å². The Morgan fingerprint density at radius 1 is 1.50 bits per heavy atom. The summed E-state index contributed by atoms with van der Waals surface area (Å²) in [7, 11) is 1.61. The number of hydrogen-bond acceptors (Lipinski definition) is 3. The van der Waals surface area contributed by atoms with Crippen LogP contribution >= 0.6 is 0 Å². The van der Waals surface area contributed by atoms with E-state index in [0.717, 1.165) is 5.56 Å². The molecule has 0 aliphatic rings. The van der Waals surface area contributed by atoms with E-state index in [0.29, 0.717) is 24.7 Å². The van der Waals surface area contributed by atoms with Crippen LogP contribution in [0.25, 0.3) is 0 Å². The Hall–Kier alpha value is -1.48. The first-order chi connectivity index (χ1) is 6.83. The van der Waals surface area contributed by atoms with E-state index in [9.17, 15) is 0 Å². The number of nitrogens with two attached hydrogens (primary N) is 1. The summed E-state index contributed by atoms with van der Waals surface area (Å²) in [5.41, 5.74) is 6.52. The van der Waals surface area contributed by atoms with Crippen molar-refractivity contribution in [3.8, 4) is 11.5 Å². The van der Waals surface area contributed by atoms with Crippen molar-refractivity contribution in [3.63, 3.8) is 0 Å². The van der Waals surface area contributed by atoms with Gasteiger partial charge in [-0.15, -0.1) is 0 Å². The summed E-state index contributed by atoms with van der Waals surface area (Å²) < 4.78 is 10.6. The summed E-state index contributed by atoms with van der Waals surface area (Å²) in [4.78, 5) is 0. The summed E-state index contributed by atoms with van der Waals surface area (Å²) in [6.45, 7) is 4.48. The first kappa shape index (κ1) is 10.6. The molecule has 3 heteroatoms. The lowest BCUT2D eigenvalue weighted by molar-refractivity contribution is 0.323. The molecular formula is C11H15NO2. The molecule has 0 aromatic heterocycles. The largest absolute Gasteiger partial charge is 0.493 e. The van der Waals surface area contributed by atoms with E-state index in [1.807, 2.05) is 18.2 Å². The highest BCUT2D eigenvalue weighted by atomic mass is 16.5. The minimum atomic E-state index is 0.434. The van der Waals surface area contributed by atoms with Crippen LogP contribution in [0.15, 0.2) is 30.9 Å². The average molecular weight is 193 g/mol. The molecule has 14 heavy (non-hydrogen) atoms. The molecule has 3 nitrogen and oxygen atoms in total. The van der Waals surface area contributed by atoms with E-state index >= 15 is 0 Å². The Labute approximate surface area is 84.1 Å². The third kappa shape index (κ3) is 2.26. The fourth-order valence-corrected chi connectivity index (χ4v) is 1.19. The molecular weight excluding hydrogens is 178 g/mol. The minimum Gasteiger partial charge on any atom is -0.493 e. The standard InChI is InChI=1S/C11H15NO2/c1-3-7-14-11-9(8-12)5-4-6-10(11)13-2/h3-6H,1,7-8,12H2,2H3. The number of hydrogen-bond donors (Lipinski definition) is 1. The van der Waals surface area contributed by atoms with Gasteiger partial charge in [0, 0.05) is 12.1 Å². The molecule has 0 fully saturated rings. The summed E-state index contributed by atoms with van der Waals surface area (Å²) in [5.74, 6) is 1.41. The van der Waals surface area contributed by atoms with Crippen molar-refractivity contribution in [3.05, 3.63) is 36.4 Å². The fourth-order valence-electron chi connectivity index (χ4n) is 1.19. The lowest BCUT2D eigenvalue weighted by Crippen LogP contribution is -2.04. The predicted molar refractivity (Wildman–Crippen MR) is 56.6 cm³/mol. The van der Waals surface area contributed by atoms with Gasteiger partial charge in [0.1, 0.15) is 6.61 Å². The molecule has 0 saturated carbocycles. The van der Waals surface area contributed by atoms with Crippen molar-refractivity contribution < 1.29 is 9.47 Å². The van der Waals surface area contributed by atoms with Crippen LogP contribution in [0.1, 0.15) is 5.56 Å². The molecule has 76 valence electrons. The van der Waals surface area contributed by atoms with E-state index in [1.54, 1.807) is 13.2 Å². The van der Waals surface area contributed by atoms with E-state index in [2.05, 4.69) is 6.58 Å². The van der Waals surface area contributed by atoms with Gasteiger partial charge < -0.3 is 15.2 Å². The van der Waals surface area contributed by atoms with Gasteiger partial charge in [-0.25, -0.2) is 0 Å². The maximum absolute atomic E-state index is 5.58. The molecule has 0 atom stereocenters. The van der Waals surface area contributed by atoms with Gasteiger partial charge in [0.25, 0.3) is 0 Å². The molecule has 0 heterocycles. The van der Waals surface area contributed by atoms with Gasteiger partial charge in [0.05, 0.1) is 7.11 Å². The van der Waals surface area contributed by atoms with Crippen molar-refractivity contribution in [1.29, 1.82) is 0 Å². The summed E-state index contributed by atoms with van der Waals surface area (Å²) >= 11 is 0. The van der Waals surface area contributed by atoms with Crippen LogP contribution in [0, 0.1) is 0 Å². The van der Waals surface area contributed by atoms with E-state index in [4.69, 9.17) is 15.2 Å². The maximum atomic E-state index is 5.58. The molecule has 0 aliphatic heterocycles. The molecule has 0 amide bonds. The number of rotatable bonds is 5. The molecule has 0 radical (unpaired) electrons. The predicted octanol–water partition coefficient (Wildman–Crippen LogP) is 1.72. The first-order valence-corrected chi connectivity index (χ1v) is 4.43. The number of para-hydroxylation sites is 1. The number of ether oxygens (including phenoxy) is 2. The Morgan fingerprint density at radius 3 is 2.86 bits per heavy atom. The zero-order valence-corrected chi connectivity index (χ0v) is 8.32. The van der Waals surface area contributed by atoms with Crippen molar-refractivity contribution in [2.24, 2.45) is 5.73 Å². The summed E-state index contributed by atoms with van der Waals surface area (Å²) in [6, 6.07) is 5.65. The second-order valence-corrected chi connectivity index (χ2v) is 2.75. The first-order valence-electron chi connectivity index (χ1n) is 4.43. The zero-order chi connectivity index (χ0) is 10.4. The molecule has 2 N–H and O–H groups in total. The fraction of sp³-hybridized carbons (Fsp3) is 0.273. The van der Waals surface area contributed by atoms with Crippen molar-refractivity contribution in [2.45, 2.75) is 6.54 Å². The molecule has 0 spiro atoms. The lowest BCUT2D eigenvalue weighted by atomic mass is 10.2. The quantitative estimate of drug-likeness (QED) is 0.724. The van der Waals surface area contributed by atoms with Crippen LogP contribution in [0.2, 0.25) is 0 Å². The topological polar surface area (TPSA) is 44.5 Å². The molecule has 0 bridgehead atoms. The van der Waals surface area contributed by atoms with Gasteiger partial charge in [-0.05, 0) is 6.07 Å². The Balaban J connectivity index is 2.99. The van der Waals surface area contributed by atoms with Crippen LogP contribution in [-0.4, -0.2) is 13.7 Å². The third-order valence-corrected chi connectivity index (χ3v) is 1.85. The van der Waals surface area contributed by atoms with Crippen LogP contribution in [0.4, 0.5) is 0 Å². The van der Waals surface area contributed by atoms with E-state index in [1.165, 1.54) is 0 Å². The monoisotopic (exact) mass is 193 g/mol. The molecule has 0 unspecified atom stereocenters. The third-order valence-electron chi connectivity index (χ3n) is 1.85.